The van der Waals surface area contributed by atoms with Gasteiger partial charge in [0.1, 0.15) is 10.7 Å². The second-order valence-electron chi connectivity index (χ2n) is 3.54. The molecule has 3 N–H and O–H groups in total. The molecule has 1 rings (SSSR count). The van der Waals surface area contributed by atoms with Gasteiger partial charge >= 0.3 is 0 Å². The predicted octanol–water partition coefficient (Wildman–Crippen LogP) is 1.93. The SMILES string of the molecule is NC(=S)CCCNS(=O)(=O)c1ccc(Br)cc1F. The van der Waals surface area contributed by atoms with Crippen LogP contribution in [-0.4, -0.2) is 20.0 Å². The van der Waals surface area contributed by atoms with Crippen LogP contribution < -0.4 is 10.5 Å². The van der Waals surface area contributed by atoms with Gasteiger partial charge in [0, 0.05) is 11.0 Å². The third kappa shape index (κ3) is 4.60. The van der Waals surface area contributed by atoms with Crippen molar-refractivity contribution in [3.8, 4) is 0 Å². The smallest absolute Gasteiger partial charge is 0.243 e. The van der Waals surface area contributed by atoms with Crippen molar-refractivity contribution in [1.29, 1.82) is 0 Å². The van der Waals surface area contributed by atoms with E-state index in [0.29, 0.717) is 22.3 Å². The van der Waals surface area contributed by atoms with Crippen LogP contribution in [0.3, 0.4) is 0 Å². The first-order valence-corrected chi connectivity index (χ1v) is 7.74. The Hall–Kier alpha value is -0.570. The van der Waals surface area contributed by atoms with Crippen LogP contribution >= 0.6 is 28.1 Å². The van der Waals surface area contributed by atoms with Gasteiger partial charge < -0.3 is 5.73 Å². The molecule has 1 aromatic rings. The maximum atomic E-state index is 13.5. The number of hydrogen-bond donors (Lipinski definition) is 2. The molecule has 100 valence electrons. The van der Waals surface area contributed by atoms with Gasteiger partial charge in [-0.15, -0.1) is 0 Å². The zero-order valence-electron chi connectivity index (χ0n) is 9.32. The van der Waals surface area contributed by atoms with Crippen molar-refractivity contribution >= 4 is 43.2 Å². The summed E-state index contributed by atoms with van der Waals surface area (Å²) < 4.78 is 39.8. The normalized spacial score (nSPS) is 11.4. The van der Waals surface area contributed by atoms with Gasteiger partial charge in [-0.2, -0.15) is 0 Å². The molecule has 18 heavy (non-hydrogen) atoms. The van der Waals surface area contributed by atoms with Crippen LogP contribution in [-0.2, 0) is 10.0 Å². The van der Waals surface area contributed by atoms with Gasteiger partial charge in [-0.25, -0.2) is 17.5 Å². The number of rotatable bonds is 6. The minimum Gasteiger partial charge on any atom is -0.393 e. The first-order valence-electron chi connectivity index (χ1n) is 5.06. The second-order valence-corrected chi connectivity index (χ2v) is 6.72. The van der Waals surface area contributed by atoms with Gasteiger partial charge in [0.2, 0.25) is 10.0 Å². The summed E-state index contributed by atoms with van der Waals surface area (Å²) in [6.07, 6.45) is 0.924. The fourth-order valence-electron chi connectivity index (χ4n) is 1.24. The van der Waals surface area contributed by atoms with E-state index in [1.54, 1.807) is 0 Å². The highest BCUT2D eigenvalue weighted by Crippen LogP contribution is 2.19. The Labute approximate surface area is 119 Å². The average Bonchev–Trinajstić information content (AvgIpc) is 2.23. The molecule has 0 spiro atoms. The largest absolute Gasteiger partial charge is 0.393 e. The highest BCUT2D eigenvalue weighted by Gasteiger charge is 2.18. The molecular weight excluding hydrogens is 343 g/mol. The van der Waals surface area contributed by atoms with Crippen LogP contribution in [0.4, 0.5) is 4.39 Å². The van der Waals surface area contributed by atoms with E-state index in [9.17, 15) is 12.8 Å². The third-order valence-electron chi connectivity index (χ3n) is 2.08. The van der Waals surface area contributed by atoms with Gasteiger partial charge in [0.05, 0.1) is 4.99 Å². The van der Waals surface area contributed by atoms with E-state index in [4.69, 9.17) is 5.73 Å². The highest BCUT2D eigenvalue weighted by molar-refractivity contribution is 9.10. The fourth-order valence-corrected chi connectivity index (χ4v) is 2.85. The monoisotopic (exact) mass is 354 g/mol. The molecule has 0 heterocycles. The zero-order chi connectivity index (χ0) is 13.8. The molecule has 0 aliphatic carbocycles. The van der Waals surface area contributed by atoms with E-state index in [-0.39, 0.29) is 11.4 Å². The number of sulfonamides is 1. The van der Waals surface area contributed by atoms with Gasteiger partial charge in [-0.1, -0.05) is 28.1 Å². The summed E-state index contributed by atoms with van der Waals surface area (Å²) in [7, 11) is -3.84. The molecule has 0 radical (unpaired) electrons. The van der Waals surface area contributed by atoms with Gasteiger partial charge in [-0.3, -0.25) is 0 Å². The van der Waals surface area contributed by atoms with E-state index in [0.717, 1.165) is 6.07 Å². The van der Waals surface area contributed by atoms with Crippen LogP contribution in [0, 0.1) is 5.82 Å². The molecule has 0 aliphatic heterocycles. The number of nitrogens with one attached hydrogen (secondary N) is 1. The van der Waals surface area contributed by atoms with Crippen molar-refractivity contribution in [2.24, 2.45) is 5.73 Å². The molecule has 0 saturated heterocycles. The van der Waals surface area contributed by atoms with E-state index < -0.39 is 15.8 Å². The molecule has 8 heteroatoms. The lowest BCUT2D eigenvalue weighted by molar-refractivity contribution is 0.555. The van der Waals surface area contributed by atoms with Gasteiger partial charge in [0.15, 0.2) is 0 Å². The summed E-state index contributed by atoms with van der Waals surface area (Å²) in [5.41, 5.74) is 5.28. The lowest BCUT2D eigenvalue weighted by Crippen LogP contribution is -2.26. The number of hydrogen-bond acceptors (Lipinski definition) is 3. The number of halogens is 2. The number of benzene rings is 1. The maximum absolute atomic E-state index is 13.5. The van der Waals surface area contributed by atoms with Crippen LogP contribution in [0.2, 0.25) is 0 Å². The standard InChI is InChI=1S/C10H12BrFN2O2S2/c11-7-3-4-9(8(12)6-7)18(15,16)14-5-1-2-10(13)17/h3-4,6,14H,1-2,5H2,(H2,13,17). The molecule has 1 aromatic carbocycles. The first-order chi connectivity index (χ1) is 8.33. The lowest BCUT2D eigenvalue weighted by atomic mass is 10.3. The number of thiocarbonyl (C=S) groups is 1. The van der Waals surface area contributed by atoms with Crippen LogP contribution in [0.15, 0.2) is 27.6 Å². The molecule has 0 saturated carbocycles. The summed E-state index contributed by atoms with van der Waals surface area (Å²) in [5.74, 6) is -0.800. The summed E-state index contributed by atoms with van der Waals surface area (Å²) in [4.78, 5) is -0.0509. The second kappa shape index (κ2) is 6.55. The van der Waals surface area contributed by atoms with Crippen molar-refractivity contribution in [1.82, 2.24) is 4.72 Å². The molecular formula is C10H12BrFN2O2S2. The Morgan fingerprint density at radius 2 is 2.17 bits per heavy atom. The molecule has 0 unspecified atom stereocenters. The maximum Gasteiger partial charge on any atom is 0.243 e. The third-order valence-corrected chi connectivity index (χ3v) is 4.27. The molecule has 0 atom stereocenters. The van der Waals surface area contributed by atoms with E-state index >= 15 is 0 Å². The Kier molecular flexibility index (Phi) is 5.64. The minimum absolute atomic E-state index is 0.162. The van der Waals surface area contributed by atoms with E-state index in [1.807, 2.05) is 0 Å². The van der Waals surface area contributed by atoms with Crippen LogP contribution in [0.25, 0.3) is 0 Å². The predicted molar refractivity (Wildman–Crippen MR) is 75.3 cm³/mol. The lowest BCUT2D eigenvalue weighted by Gasteiger charge is -2.07. The van der Waals surface area contributed by atoms with Crippen molar-refractivity contribution in [2.75, 3.05) is 6.54 Å². The fraction of sp³-hybridized carbons (Fsp3) is 0.300. The Morgan fingerprint density at radius 3 is 2.72 bits per heavy atom. The topological polar surface area (TPSA) is 72.2 Å². The summed E-state index contributed by atoms with van der Waals surface area (Å²) >= 11 is 7.73. The molecule has 0 bridgehead atoms. The Balaban J connectivity index is 2.71. The van der Waals surface area contributed by atoms with E-state index in [2.05, 4.69) is 32.9 Å². The first kappa shape index (κ1) is 15.5. The zero-order valence-corrected chi connectivity index (χ0v) is 12.5. The molecule has 0 fully saturated rings. The molecule has 0 amide bonds. The molecule has 4 nitrogen and oxygen atoms in total. The van der Waals surface area contributed by atoms with Crippen LogP contribution in [0.1, 0.15) is 12.8 Å². The molecule has 0 aliphatic rings. The van der Waals surface area contributed by atoms with Crippen molar-refractivity contribution in [3.63, 3.8) is 0 Å². The van der Waals surface area contributed by atoms with Crippen molar-refractivity contribution in [3.05, 3.63) is 28.5 Å². The Bertz CT molecular complexity index is 549. The van der Waals surface area contributed by atoms with Crippen molar-refractivity contribution < 1.29 is 12.8 Å². The van der Waals surface area contributed by atoms with Crippen LogP contribution in [0.5, 0.6) is 0 Å². The average molecular weight is 355 g/mol. The quantitative estimate of drug-likeness (QED) is 0.604. The van der Waals surface area contributed by atoms with Gasteiger partial charge in [0.25, 0.3) is 0 Å². The van der Waals surface area contributed by atoms with Crippen molar-refractivity contribution in [2.45, 2.75) is 17.7 Å². The Morgan fingerprint density at radius 1 is 1.50 bits per heavy atom. The van der Waals surface area contributed by atoms with E-state index in [1.165, 1.54) is 12.1 Å². The summed E-state index contributed by atoms with van der Waals surface area (Å²) in [5, 5.41) is 0. The minimum atomic E-state index is -3.84. The summed E-state index contributed by atoms with van der Waals surface area (Å²) in [6.45, 7) is 0.162. The van der Waals surface area contributed by atoms with Gasteiger partial charge in [-0.05, 0) is 31.0 Å². The number of nitrogens with two attached hydrogens (primary N) is 1. The highest BCUT2D eigenvalue weighted by atomic mass is 79.9. The molecule has 0 aromatic heterocycles. The summed E-state index contributed by atoms with van der Waals surface area (Å²) in [6, 6.07) is 3.77.